The number of rotatable bonds is 3. The molecule has 0 bridgehead atoms. The van der Waals surface area contributed by atoms with Gasteiger partial charge in [0.15, 0.2) is 11.5 Å². The van der Waals surface area contributed by atoms with E-state index in [9.17, 15) is 9.90 Å². The van der Waals surface area contributed by atoms with Gasteiger partial charge in [-0.3, -0.25) is 4.79 Å². The average molecular weight is 486 g/mol. The highest BCUT2D eigenvalue weighted by Gasteiger charge is 2.24. The van der Waals surface area contributed by atoms with Gasteiger partial charge in [0.1, 0.15) is 0 Å². The van der Waals surface area contributed by atoms with Crippen molar-refractivity contribution in [3.63, 3.8) is 0 Å². The number of halogens is 2. The number of hydrogen-bond acceptors (Lipinski definition) is 3. The van der Waals surface area contributed by atoms with E-state index in [1.54, 1.807) is 12.1 Å². The van der Waals surface area contributed by atoms with Crippen molar-refractivity contribution in [2.45, 2.75) is 6.92 Å². The summed E-state index contributed by atoms with van der Waals surface area (Å²) in [4.78, 5) is 12.2. The van der Waals surface area contributed by atoms with Crippen molar-refractivity contribution in [2.75, 3.05) is 11.9 Å². The van der Waals surface area contributed by atoms with E-state index in [0.717, 1.165) is 21.3 Å². The number of phenolic OH excluding ortho intramolecular Hbond substituents is 1. The fourth-order valence-corrected chi connectivity index (χ4v) is 3.40. The fraction of sp³-hybridized carbons (Fsp3) is 0.118. The van der Waals surface area contributed by atoms with Crippen molar-refractivity contribution in [3.05, 3.63) is 49.5 Å². The Kier molecular flexibility index (Phi) is 4.63. The molecule has 1 amide bonds. The van der Waals surface area contributed by atoms with Crippen LogP contribution in [-0.2, 0) is 4.79 Å². The largest absolute Gasteiger partial charge is 0.504 e. The minimum absolute atomic E-state index is 0.119. The third-order valence-electron chi connectivity index (χ3n) is 3.43. The number of carbonyl (C=O) groups is 1. The molecule has 3 rings (SSSR count). The first kappa shape index (κ1) is 16.3. The van der Waals surface area contributed by atoms with E-state index in [4.69, 9.17) is 4.74 Å². The Morgan fingerprint density at radius 2 is 2.13 bits per heavy atom. The highest BCUT2D eigenvalue weighted by Crippen LogP contribution is 2.37. The van der Waals surface area contributed by atoms with Gasteiger partial charge in [0.2, 0.25) is 0 Å². The third-order valence-corrected chi connectivity index (χ3v) is 4.74. The number of phenols is 1. The maximum absolute atomic E-state index is 12.2. The number of amides is 1. The van der Waals surface area contributed by atoms with E-state index < -0.39 is 0 Å². The lowest BCUT2D eigenvalue weighted by Crippen LogP contribution is -2.03. The summed E-state index contributed by atoms with van der Waals surface area (Å²) in [5.41, 5.74) is 3.03. The summed E-state index contributed by atoms with van der Waals surface area (Å²) in [6.07, 6.45) is 1.80. The van der Waals surface area contributed by atoms with Crippen LogP contribution in [0.1, 0.15) is 18.1 Å². The molecular weight excluding hydrogens is 473 g/mol. The number of aromatic hydroxyl groups is 1. The first-order chi connectivity index (χ1) is 11.0. The molecule has 0 atom stereocenters. The van der Waals surface area contributed by atoms with Crippen LogP contribution in [0.2, 0.25) is 0 Å². The average Bonchev–Trinajstić information content (AvgIpc) is 2.80. The molecule has 1 heterocycles. The van der Waals surface area contributed by atoms with Gasteiger partial charge in [0.05, 0.1) is 10.2 Å². The molecule has 2 aromatic carbocycles. The first-order valence-electron chi connectivity index (χ1n) is 6.98. The Balaban J connectivity index is 2.09. The van der Waals surface area contributed by atoms with Crippen LogP contribution in [0.5, 0.6) is 11.5 Å². The smallest absolute Gasteiger partial charge is 0.256 e. The maximum Gasteiger partial charge on any atom is 0.256 e. The molecule has 0 spiro atoms. The molecule has 4 nitrogen and oxygen atoms in total. The van der Waals surface area contributed by atoms with Crippen LogP contribution in [0, 0.1) is 3.57 Å². The van der Waals surface area contributed by atoms with Gasteiger partial charge in [-0.1, -0.05) is 15.9 Å². The molecule has 0 saturated heterocycles. The lowest BCUT2D eigenvalue weighted by Gasteiger charge is -2.09. The van der Waals surface area contributed by atoms with Crippen molar-refractivity contribution in [1.29, 1.82) is 0 Å². The van der Waals surface area contributed by atoms with Crippen molar-refractivity contribution < 1.29 is 14.6 Å². The molecule has 6 heteroatoms. The van der Waals surface area contributed by atoms with Gasteiger partial charge in [-0.2, -0.15) is 0 Å². The number of ether oxygens (including phenoxy) is 1. The predicted molar refractivity (Wildman–Crippen MR) is 103 cm³/mol. The number of carbonyl (C=O) groups excluding carboxylic acids is 1. The third kappa shape index (κ3) is 3.23. The Morgan fingerprint density at radius 3 is 2.87 bits per heavy atom. The van der Waals surface area contributed by atoms with Gasteiger partial charge in [-0.15, -0.1) is 0 Å². The lowest BCUT2D eigenvalue weighted by atomic mass is 10.0. The minimum atomic E-state index is -0.140. The van der Waals surface area contributed by atoms with E-state index in [2.05, 4.69) is 21.2 Å². The number of fused-ring (bicyclic) bond motifs is 1. The van der Waals surface area contributed by atoms with Crippen LogP contribution in [0.4, 0.5) is 5.69 Å². The summed E-state index contributed by atoms with van der Waals surface area (Å²) in [6.45, 7) is 2.32. The molecule has 2 aromatic rings. The second kappa shape index (κ2) is 6.52. The predicted octanol–water partition coefficient (Wildman–Crippen LogP) is 4.65. The molecule has 23 heavy (non-hydrogen) atoms. The normalized spacial score (nSPS) is 14.7. The summed E-state index contributed by atoms with van der Waals surface area (Å²) in [6, 6.07) is 9.21. The molecule has 0 aromatic heterocycles. The maximum atomic E-state index is 12.2. The number of benzene rings is 2. The highest BCUT2D eigenvalue weighted by molar-refractivity contribution is 14.1. The SMILES string of the molecule is CCOc1cc(C=C2C(=O)Nc3ccc(Br)cc32)cc(I)c1O. The standard InChI is InChI=1S/C17H13BrINO3/c1-2-23-15-7-9(6-13(19)16(15)21)5-12-11-8-10(18)3-4-14(11)20-17(12)22/h3-8,21H,2H2,1H3,(H,20,22). The van der Waals surface area contributed by atoms with Gasteiger partial charge in [-0.05, 0) is 71.5 Å². The summed E-state index contributed by atoms with van der Waals surface area (Å²) >= 11 is 5.48. The van der Waals surface area contributed by atoms with Crippen LogP contribution >= 0.6 is 38.5 Å². The Bertz CT molecular complexity index is 833. The van der Waals surface area contributed by atoms with Gasteiger partial charge in [-0.25, -0.2) is 0 Å². The van der Waals surface area contributed by atoms with E-state index in [-0.39, 0.29) is 11.7 Å². The summed E-state index contributed by atoms with van der Waals surface area (Å²) < 4.78 is 7.03. The zero-order chi connectivity index (χ0) is 16.6. The Labute approximate surface area is 155 Å². The molecule has 118 valence electrons. The molecular formula is C17H13BrINO3. The molecule has 0 fully saturated rings. The van der Waals surface area contributed by atoms with Crippen LogP contribution in [-0.4, -0.2) is 17.6 Å². The van der Waals surface area contributed by atoms with E-state index in [0.29, 0.717) is 21.5 Å². The minimum Gasteiger partial charge on any atom is -0.504 e. The van der Waals surface area contributed by atoms with Gasteiger partial charge in [0.25, 0.3) is 5.91 Å². The topological polar surface area (TPSA) is 58.6 Å². The van der Waals surface area contributed by atoms with Crippen LogP contribution in [0.25, 0.3) is 11.6 Å². The van der Waals surface area contributed by atoms with Crippen LogP contribution < -0.4 is 10.1 Å². The molecule has 2 N–H and O–H groups in total. The highest BCUT2D eigenvalue weighted by atomic mass is 127. The van der Waals surface area contributed by atoms with Crippen LogP contribution in [0.3, 0.4) is 0 Å². The quantitative estimate of drug-likeness (QED) is 0.491. The molecule has 0 aliphatic carbocycles. The van der Waals surface area contributed by atoms with Crippen molar-refractivity contribution in [1.82, 2.24) is 0 Å². The number of hydrogen-bond donors (Lipinski definition) is 2. The lowest BCUT2D eigenvalue weighted by molar-refractivity contribution is -0.110. The summed E-state index contributed by atoms with van der Waals surface area (Å²) in [5.74, 6) is 0.395. The second-order valence-electron chi connectivity index (χ2n) is 4.98. The van der Waals surface area contributed by atoms with Crippen molar-refractivity contribution in [3.8, 4) is 11.5 Å². The Hall–Kier alpha value is -1.54. The monoisotopic (exact) mass is 485 g/mol. The Morgan fingerprint density at radius 1 is 1.35 bits per heavy atom. The molecule has 0 radical (unpaired) electrons. The molecule has 0 unspecified atom stereocenters. The van der Waals surface area contributed by atoms with E-state index in [1.807, 2.05) is 53.8 Å². The number of anilines is 1. The second-order valence-corrected chi connectivity index (χ2v) is 7.06. The summed E-state index contributed by atoms with van der Waals surface area (Å²) in [7, 11) is 0. The van der Waals surface area contributed by atoms with E-state index >= 15 is 0 Å². The van der Waals surface area contributed by atoms with Crippen molar-refractivity contribution in [2.24, 2.45) is 0 Å². The van der Waals surface area contributed by atoms with Gasteiger partial charge >= 0.3 is 0 Å². The fourth-order valence-electron chi connectivity index (χ4n) is 2.41. The zero-order valence-electron chi connectivity index (χ0n) is 12.2. The van der Waals surface area contributed by atoms with Crippen LogP contribution in [0.15, 0.2) is 34.8 Å². The number of nitrogens with one attached hydrogen (secondary N) is 1. The van der Waals surface area contributed by atoms with Gasteiger partial charge in [0, 0.05) is 21.3 Å². The zero-order valence-corrected chi connectivity index (χ0v) is 15.9. The first-order valence-corrected chi connectivity index (χ1v) is 8.85. The van der Waals surface area contributed by atoms with Crippen molar-refractivity contribution >= 4 is 61.8 Å². The molecule has 0 saturated carbocycles. The molecule has 1 aliphatic rings. The molecule has 1 aliphatic heterocycles. The van der Waals surface area contributed by atoms with E-state index in [1.165, 1.54) is 0 Å². The summed E-state index contributed by atoms with van der Waals surface area (Å²) in [5, 5.41) is 12.9. The van der Waals surface area contributed by atoms with Gasteiger partial charge < -0.3 is 15.2 Å².